The van der Waals surface area contributed by atoms with Gasteiger partial charge in [0.25, 0.3) is 0 Å². The number of nitrogens with zero attached hydrogens (tertiary/aromatic N) is 2. The second-order valence-corrected chi connectivity index (χ2v) is 5.86. The number of aryl methyl sites for hydroxylation is 3. The third-order valence-electron chi connectivity index (χ3n) is 3.29. The molecule has 0 aliphatic rings. The van der Waals surface area contributed by atoms with Crippen molar-refractivity contribution >= 4 is 11.3 Å². The third-order valence-corrected chi connectivity index (χ3v) is 4.38. The first-order valence-corrected chi connectivity index (χ1v) is 7.59. The lowest BCUT2D eigenvalue weighted by Crippen LogP contribution is -2.14. The highest BCUT2D eigenvalue weighted by Crippen LogP contribution is 2.21. The molecule has 1 atom stereocenters. The first-order chi connectivity index (χ1) is 9.22. The number of hydrogen-bond acceptors (Lipinski definition) is 4. The Labute approximate surface area is 119 Å². The van der Waals surface area contributed by atoms with E-state index in [9.17, 15) is 0 Å². The molecule has 0 aliphatic heterocycles. The van der Waals surface area contributed by atoms with Gasteiger partial charge in [0.2, 0.25) is 0 Å². The van der Waals surface area contributed by atoms with Crippen LogP contribution in [0.1, 0.15) is 40.5 Å². The normalized spacial score (nSPS) is 12.6. The summed E-state index contributed by atoms with van der Waals surface area (Å²) in [5, 5.41) is 14.1. The smallest absolute Gasteiger partial charge is 0.134 e. The molecule has 2 rings (SSSR count). The van der Waals surface area contributed by atoms with Gasteiger partial charge in [-0.25, -0.2) is 0 Å². The van der Waals surface area contributed by atoms with E-state index in [0.29, 0.717) is 6.04 Å². The molecule has 1 aromatic heterocycles. The van der Waals surface area contributed by atoms with Crippen LogP contribution in [-0.2, 0) is 12.8 Å². The molecule has 0 saturated carbocycles. The lowest BCUT2D eigenvalue weighted by molar-refractivity contribution is 0.568. The summed E-state index contributed by atoms with van der Waals surface area (Å²) in [4.78, 5) is 0. The van der Waals surface area contributed by atoms with Gasteiger partial charge in [0.15, 0.2) is 0 Å². The van der Waals surface area contributed by atoms with Gasteiger partial charge in [-0.2, -0.15) is 0 Å². The summed E-state index contributed by atoms with van der Waals surface area (Å²) in [7, 11) is 1.97. The lowest BCUT2D eigenvalue weighted by Gasteiger charge is -2.08. The molecule has 0 saturated heterocycles. The molecule has 1 unspecified atom stereocenters. The van der Waals surface area contributed by atoms with Crippen LogP contribution in [0, 0.1) is 6.92 Å². The van der Waals surface area contributed by atoms with Crippen molar-refractivity contribution in [3.05, 3.63) is 45.4 Å². The van der Waals surface area contributed by atoms with Gasteiger partial charge >= 0.3 is 0 Å². The predicted molar refractivity (Wildman–Crippen MR) is 80.6 cm³/mol. The van der Waals surface area contributed by atoms with E-state index in [0.717, 1.165) is 29.3 Å². The number of hydrogen-bond donors (Lipinski definition) is 1. The number of aromatic nitrogens is 2. The summed E-state index contributed by atoms with van der Waals surface area (Å²) >= 11 is 1.73. The van der Waals surface area contributed by atoms with Crippen LogP contribution in [0.4, 0.5) is 0 Å². The molecule has 1 aromatic carbocycles. The van der Waals surface area contributed by atoms with Crippen LogP contribution < -0.4 is 5.32 Å². The molecule has 1 N–H and O–H groups in total. The quantitative estimate of drug-likeness (QED) is 0.879. The fourth-order valence-electron chi connectivity index (χ4n) is 2.02. The third kappa shape index (κ3) is 3.85. The van der Waals surface area contributed by atoms with Crippen LogP contribution >= 0.6 is 11.3 Å². The van der Waals surface area contributed by atoms with E-state index in [4.69, 9.17) is 0 Å². The topological polar surface area (TPSA) is 37.8 Å². The molecule has 19 heavy (non-hydrogen) atoms. The van der Waals surface area contributed by atoms with Crippen molar-refractivity contribution in [2.24, 2.45) is 0 Å². The predicted octanol–water partition coefficient (Wildman–Crippen LogP) is 3.30. The van der Waals surface area contributed by atoms with E-state index in [2.05, 4.69) is 53.6 Å². The van der Waals surface area contributed by atoms with Crippen molar-refractivity contribution in [1.82, 2.24) is 15.5 Å². The Hall–Kier alpha value is -1.26. The van der Waals surface area contributed by atoms with Gasteiger partial charge in [0, 0.05) is 6.42 Å². The van der Waals surface area contributed by atoms with Crippen molar-refractivity contribution in [2.45, 2.75) is 39.2 Å². The maximum Gasteiger partial charge on any atom is 0.134 e. The Morgan fingerprint density at radius 3 is 2.53 bits per heavy atom. The number of nitrogens with one attached hydrogen (secondary N) is 1. The van der Waals surface area contributed by atoms with Crippen molar-refractivity contribution < 1.29 is 0 Å². The zero-order valence-electron chi connectivity index (χ0n) is 11.8. The van der Waals surface area contributed by atoms with Gasteiger partial charge in [0.1, 0.15) is 10.0 Å². The standard InChI is InChI=1S/C15H21N3S/c1-4-13(16-3)15-18-17-14(19-15)10-9-12-7-5-11(2)6-8-12/h5-8,13,16H,4,9-10H2,1-3H3. The van der Waals surface area contributed by atoms with E-state index >= 15 is 0 Å². The monoisotopic (exact) mass is 275 g/mol. The molecule has 2 aromatic rings. The highest BCUT2D eigenvalue weighted by Gasteiger charge is 2.12. The van der Waals surface area contributed by atoms with Gasteiger partial charge in [-0.1, -0.05) is 48.1 Å². The van der Waals surface area contributed by atoms with Gasteiger partial charge in [-0.05, 0) is 32.4 Å². The number of benzene rings is 1. The SMILES string of the molecule is CCC(NC)c1nnc(CCc2ccc(C)cc2)s1. The summed E-state index contributed by atoms with van der Waals surface area (Å²) in [5.41, 5.74) is 2.67. The highest BCUT2D eigenvalue weighted by molar-refractivity contribution is 7.11. The molecule has 1 heterocycles. The van der Waals surface area contributed by atoms with E-state index < -0.39 is 0 Å². The summed E-state index contributed by atoms with van der Waals surface area (Å²) in [5.74, 6) is 0. The highest BCUT2D eigenvalue weighted by atomic mass is 32.1. The molecule has 0 fully saturated rings. The van der Waals surface area contributed by atoms with Gasteiger partial charge in [-0.3, -0.25) is 0 Å². The largest absolute Gasteiger partial charge is 0.311 e. The molecule has 0 spiro atoms. The van der Waals surface area contributed by atoms with Crippen LogP contribution in [0.15, 0.2) is 24.3 Å². The van der Waals surface area contributed by atoms with Crippen molar-refractivity contribution in [3.63, 3.8) is 0 Å². The average Bonchev–Trinajstić information content (AvgIpc) is 2.88. The fourth-order valence-corrected chi connectivity index (χ4v) is 3.05. The molecule has 102 valence electrons. The maximum absolute atomic E-state index is 4.29. The van der Waals surface area contributed by atoms with E-state index in [1.54, 1.807) is 11.3 Å². The van der Waals surface area contributed by atoms with Crippen molar-refractivity contribution in [3.8, 4) is 0 Å². The summed E-state index contributed by atoms with van der Waals surface area (Å²) < 4.78 is 0. The Balaban J connectivity index is 1.95. The summed E-state index contributed by atoms with van der Waals surface area (Å²) in [6, 6.07) is 9.05. The zero-order chi connectivity index (χ0) is 13.7. The molecule has 3 nitrogen and oxygen atoms in total. The molecule has 0 aliphatic carbocycles. The maximum atomic E-state index is 4.29. The van der Waals surface area contributed by atoms with Crippen LogP contribution in [0.5, 0.6) is 0 Å². The summed E-state index contributed by atoms with van der Waals surface area (Å²) in [6.45, 7) is 4.28. The Morgan fingerprint density at radius 1 is 1.16 bits per heavy atom. The van der Waals surface area contributed by atoms with Gasteiger partial charge in [-0.15, -0.1) is 10.2 Å². The molecule has 4 heteroatoms. The minimum absolute atomic E-state index is 0.339. The Bertz CT molecular complexity index is 500. The van der Waals surface area contributed by atoms with Crippen molar-refractivity contribution in [2.75, 3.05) is 7.05 Å². The molecular weight excluding hydrogens is 254 g/mol. The summed E-state index contributed by atoms with van der Waals surface area (Å²) in [6.07, 6.45) is 3.05. The van der Waals surface area contributed by atoms with Crippen molar-refractivity contribution in [1.29, 1.82) is 0 Å². The van der Waals surface area contributed by atoms with E-state index in [1.165, 1.54) is 11.1 Å². The molecule has 0 radical (unpaired) electrons. The molecular formula is C15H21N3S. The van der Waals surface area contributed by atoms with Crippen LogP contribution in [-0.4, -0.2) is 17.2 Å². The first kappa shape index (κ1) is 14.2. The van der Waals surface area contributed by atoms with Gasteiger partial charge in [0.05, 0.1) is 6.04 Å². The van der Waals surface area contributed by atoms with Crippen LogP contribution in [0.2, 0.25) is 0 Å². The minimum atomic E-state index is 0.339. The number of rotatable bonds is 6. The Morgan fingerprint density at radius 2 is 1.89 bits per heavy atom. The van der Waals surface area contributed by atoms with Crippen LogP contribution in [0.25, 0.3) is 0 Å². The van der Waals surface area contributed by atoms with E-state index in [-0.39, 0.29) is 0 Å². The van der Waals surface area contributed by atoms with E-state index in [1.807, 2.05) is 7.05 Å². The molecule has 0 bridgehead atoms. The van der Waals surface area contributed by atoms with Gasteiger partial charge < -0.3 is 5.32 Å². The second-order valence-electron chi connectivity index (χ2n) is 4.77. The lowest BCUT2D eigenvalue weighted by atomic mass is 10.1. The fraction of sp³-hybridized carbons (Fsp3) is 0.467. The Kier molecular flexibility index (Phi) is 5.05. The minimum Gasteiger partial charge on any atom is -0.311 e. The zero-order valence-corrected chi connectivity index (χ0v) is 12.6. The molecule has 0 amide bonds. The average molecular weight is 275 g/mol. The first-order valence-electron chi connectivity index (χ1n) is 6.78. The van der Waals surface area contributed by atoms with Crippen LogP contribution in [0.3, 0.4) is 0 Å². The second kappa shape index (κ2) is 6.78.